The summed E-state index contributed by atoms with van der Waals surface area (Å²) in [6.45, 7) is 16.0. The quantitative estimate of drug-likeness (QED) is 0.132. The maximum absolute atomic E-state index is 5.96. The van der Waals surface area contributed by atoms with E-state index in [9.17, 15) is 0 Å². The number of rotatable bonds is 12. The van der Waals surface area contributed by atoms with Crippen LogP contribution in [0.25, 0.3) is 22.5 Å². The molecule has 0 saturated carbocycles. The summed E-state index contributed by atoms with van der Waals surface area (Å²) in [5.74, 6) is 2.98. The molecule has 4 rings (SSSR count). The van der Waals surface area contributed by atoms with E-state index in [1.54, 1.807) is 12.4 Å². The van der Waals surface area contributed by atoms with Gasteiger partial charge < -0.3 is 38.7 Å². The molecule has 0 radical (unpaired) electrons. The zero-order chi connectivity index (χ0) is 34.0. The van der Waals surface area contributed by atoms with E-state index < -0.39 is 0 Å². The first-order valence-corrected chi connectivity index (χ1v) is 15.8. The van der Waals surface area contributed by atoms with Crippen molar-refractivity contribution >= 4 is 11.4 Å². The van der Waals surface area contributed by atoms with Crippen LogP contribution in [0.5, 0.6) is 23.0 Å². The van der Waals surface area contributed by atoms with Crippen LogP contribution in [0, 0.1) is 12.1 Å². The first kappa shape index (κ1) is 39.4. The molecule has 0 fully saturated rings. The van der Waals surface area contributed by atoms with Crippen molar-refractivity contribution in [1.29, 1.82) is 0 Å². The van der Waals surface area contributed by atoms with E-state index in [2.05, 4.69) is 22.1 Å². The first-order valence-electron chi connectivity index (χ1n) is 15.8. The fraction of sp³-hybridized carbons (Fsp3) is 0.421. The average molecular weight is 822 g/mol. The largest absolute Gasteiger partial charge is 2.00 e. The van der Waals surface area contributed by atoms with Gasteiger partial charge in [0.05, 0.1) is 24.4 Å². The van der Waals surface area contributed by atoms with Crippen LogP contribution in [0.4, 0.5) is 11.4 Å². The summed E-state index contributed by atoms with van der Waals surface area (Å²) in [5.41, 5.74) is 5.53. The van der Waals surface area contributed by atoms with Gasteiger partial charge in [0.15, 0.2) is 0 Å². The summed E-state index contributed by atoms with van der Waals surface area (Å²) in [7, 11) is 8.03. The van der Waals surface area contributed by atoms with Gasteiger partial charge in [0.25, 0.3) is 0 Å². The number of nitrogens with zero attached hydrogens (tertiary/aromatic N) is 4. The Morgan fingerprint density at radius 3 is 1.17 bits per heavy atom. The van der Waals surface area contributed by atoms with Gasteiger partial charge in [-0.1, -0.05) is 35.4 Å². The number of hydrogen-bond acceptors (Lipinski definition) is 8. The maximum Gasteiger partial charge on any atom is 2.00 e. The Morgan fingerprint density at radius 2 is 0.872 bits per heavy atom. The van der Waals surface area contributed by atoms with Gasteiger partial charge in [0, 0.05) is 75.0 Å². The monoisotopic (exact) mass is 821 g/mol. The van der Waals surface area contributed by atoms with Crippen LogP contribution in [0.15, 0.2) is 60.9 Å². The number of ether oxygens (including phenoxy) is 4. The summed E-state index contributed by atoms with van der Waals surface area (Å²) < 4.78 is 23.4. The van der Waals surface area contributed by atoms with Gasteiger partial charge in [-0.25, -0.2) is 0 Å². The molecule has 0 aliphatic heterocycles. The van der Waals surface area contributed by atoms with Gasteiger partial charge in [0.2, 0.25) is 0 Å². The zero-order valence-corrected chi connectivity index (χ0v) is 32.1. The van der Waals surface area contributed by atoms with Gasteiger partial charge in [-0.2, -0.15) is 0 Å². The van der Waals surface area contributed by atoms with E-state index in [0.717, 1.165) is 56.9 Å². The minimum Gasteiger partial charge on any atom is -0.534 e. The molecule has 4 aromatic rings. The SMILES string of the molecule is CC(C)Oc1c[c-]c(-c2cc(N(C)C)ccn2)c(OC(C)C)c1.CC(C)Oc1c[c-]c(-c2cc(N(C)C)ccn2)c(OC(C)C)c1.[Pt+2]. The molecule has 0 saturated heterocycles. The molecule has 9 heteroatoms. The summed E-state index contributed by atoms with van der Waals surface area (Å²) in [4.78, 5) is 13.0. The van der Waals surface area contributed by atoms with Crippen LogP contribution in [-0.4, -0.2) is 62.6 Å². The van der Waals surface area contributed by atoms with E-state index in [0.29, 0.717) is 0 Å². The van der Waals surface area contributed by atoms with E-state index in [1.165, 1.54) is 0 Å². The summed E-state index contributed by atoms with van der Waals surface area (Å²) in [6.07, 6.45) is 3.95. The molecule has 0 spiro atoms. The second kappa shape index (κ2) is 18.5. The van der Waals surface area contributed by atoms with Crippen molar-refractivity contribution in [2.75, 3.05) is 38.0 Å². The molecule has 0 aliphatic rings. The molecule has 0 atom stereocenters. The van der Waals surface area contributed by atoms with Crippen molar-refractivity contribution in [2.24, 2.45) is 0 Å². The molecule has 2 aromatic carbocycles. The van der Waals surface area contributed by atoms with Crippen molar-refractivity contribution in [3.8, 4) is 45.5 Å². The average Bonchev–Trinajstić information content (AvgIpc) is 2.96. The Kier molecular flexibility index (Phi) is 15.5. The van der Waals surface area contributed by atoms with Gasteiger partial charge in [0.1, 0.15) is 0 Å². The molecular weight excluding hydrogens is 772 g/mol. The molecule has 2 heterocycles. The predicted molar refractivity (Wildman–Crippen MR) is 189 cm³/mol. The molecule has 47 heavy (non-hydrogen) atoms. The topological polar surface area (TPSA) is 69.2 Å². The molecule has 0 unspecified atom stereocenters. The molecular formula is C38H50N4O4Pt. The minimum absolute atomic E-state index is 0. The number of aromatic nitrogens is 2. The normalized spacial score (nSPS) is 10.7. The van der Waals surface area contributed by atoms with Crippen LogP contribution in [0.1, 0.15) is 55.4 Å². The Bertz CT molecular complexity index is 1430. The second-order valence-electron chi connectivity index (χ2n) is 12.4. The van der Waals surface area contributed by atoms with E-state index in [-0.39, 0.29) is 45.5 Å². The van der Waals surface area contributed by atoms with Gasteiger partial charge in [-0.3, -0.25) is 0 Å². The predicted octanol–water partition coefficient (Wildman–Crippen LogP) is 8.38. The third kappa shape index (κ3) is 12.4. The summed E-state index contributed by atoms with van der Waals surface area (Å²) in [6, 6.07) is 22.0. The van der Waals surface area contributed by atoms with Crippen molar-refractivity contribution in [2.45, 2.75) is 79.8 Å². The molecule has 0 bridgehead atoms. The fourth-order valence-corrected chi connectivity index (χ4v) is 4.36. The van der Waals surface area contributed by atoms with Crippen LogP contribution in [0.3, 0.4) is 0 Å². The molecule has 0 aliphatic carbocycles. The van der Waals surface area contributed by atoms with Gasteiger partial charge in [-0.15, -0.1) is 24.3 Å². The Morgan fingerprint density at radius 1 is 0.532 bits per heavy atom. The minimum atomic E-state index is 0. The Hall–Kier alpha value is -3.77. The van der Waals surface area contributed by atoms with E-state index in [4.69, 9.17) is 18.9 Å². The second-order valence-corrected chi connectivity index (χ2v) is 12.4. The Labute approximate surface area is 296 Å². The fourth-order valence-electron chi connectivity index (χ4n) is 4.36. The smallest absolute Gasteiger partial charge is 0.534 e. The third-order valence-corrected chi connectivity index (χ3v) is 6.26. The summed E-state index contributed by atoms with van der Waals surface area (Å²) >= 11 is 0. The molecule has 0 amide bonds. The van der Waals surface area contributed by atoms with Crippen molar-refractivity contribution in [3.05, 3.63) is 73.1 Å². The number of benzene rings is 2. The van der Waals surface area contributed by atoms with Crippen molar-refractivity contribution in [3.63, 3.8) is 0 Å². The zero-order valence-electron chi connectivity index (χ0n) is 29.8. The molecule has 256 valence electrons. The van der Waals surface area contributed by atoms with Crippen LogP contribution < -0.4 is 28.7 Å². The van der Waals surface area contributed by atoms with Crippen LogP contribution in [-0.2, 0) is 21.1 Å². The number of pyridine rings is 2. The number of hydrogen-bond donors (Lipinski definition) is 0. The third-order valence-electron chi connectivity index (χ3n) is 6.26. The maximum atomic E-state index is 5.96. The molecule has 2 aromatic heterocycles. The van der Waals surface area contributed by atoms with Crippen LogP contribution >= 0.6 is 0 Å². The van der Waals surface area contributed by atoms with Gasteiger partial charge >= 0.3 is 21.1 Å². The molecule has 8 nitrogen and oxygen atoms in total. The van der Waals surface area contributed by atoms with Gasteiger partial charge in [-0.05, 0) is 78.9 Å². The van der Waals surface area contributed by atoms with E-state index >= 15 is 0 Å². The van der Waals surface area contributed by atoms with Crippen molar-refractivity contribution in [1.82, 2.24) is 9.97 Å². The first-order chi connectivity index (χ1) is 21.7. The summed E-state index contributed by atoms with van der Waals surface area (Å²) in [5, 5.41) is 0. The Balaban J connectivity index is 0.000000320. The molecule has 0 N–H and O–H groups in total. The van der Waals surface area contributed by atoms with E-state index in [1.807, 2.05) is 142 Å². The van der Waals surface area contributed by atoms with Crippen LogP contribution in [0.2, 0.25) is 0 Å². The standard InChI is InChI=1S/2C19H25N2O2.Pt/c2*1-13(2)22-16-7-8-17(19(12-16)23-14(3)4)18-11-15(21(5)6)9-10-20-18;/h2*7,9-14H,1-6H3;/q2*-1;+2. The van der Waals surface area contributed by atoms with Crippen molar-refractivity contribution < 1.29 is 40.0 Å². The number of anilines is 2.